The Bertz CT molecular complexity index is 228. The molecule has 1 aromatic heterocycles. The molecule has 0 aliphatic heterocycles. The molecule has 0 radical (unpaired) electrons. The first kappa shape index (κ1) is 6.96. The van der Waals surface area contributed by atoms with Gasteiger partial charge in [-0.1, -0.05) is 11.6 Å². The normalized spacial score (nSPS) is 9.67. The van der Waals surface area contributed by atoms with Gasteiger partial charge in [0.2, 0.25) is 5.95 Å². The molecule has 0 spiro atoms. The van der Waals surface area contributed by atoms with E-state index in [1.54, 1.807) is 0 Å². The number of nitrogens with zero attached hydrogens (tertiary/aromatic N) is 1. The number of rotatable bonds is 0. The van der Waals surface area contributed by atoms with Gasteiger partial charge in [-0.2, -0.15) is 4.39 Å². The summed E-state index contributed by atoms with van der Waals surface area (Å²) in [5.74, 6) is -0.639. The van der Waals surface area contributed by atoms with Crippen molar-refractivity contribution >= 4 is 27.5 Å². The van der Waals surface area contributed by atoms with Crippen molar-refractivity contribution in [1.82, 2.24) is 4.98 Å². The van der Waals surface area contributed by atoms with Crippen LogP contribution in [0.5, 0.6) is 0 Å². The highest BCUT2D eigenvalue weighted by atomic mass is 79.9. The number of hydrogen-bond acceptors (Lipinski definition) is 1. The molecule has 1 heterocycles. The fourth-order valence-electron chi connectivity index (χ4n) is 0.398. The summed E-state index contributed by atoms with van der Waals surface area (Å²) in [4.78, 5) is 3.33. The summed E-state index contributed by atoms with van der Waals surface area (Å²) in [6, 6.07) is 1.45. The Balaban J connectivity index is 3.17. The fraction of sp³-hybridized carbons (Fsp3) is 0. The monoisotopic (exact) mass is 209 g/mol. The smallest absolute Gasteiger partial charge is 0.226 e. The molecule has 48 valence electrons. The van der Waals surface area contributed by atoms with Crippen LogP contribution in [0, 0.1) is 5.95 Å². The number of hydrogen-bond donors (Lipinski definition) is 0. The van der Waals surface area contributed by atoms with Gasteiger partial charge in [0, 0.05) is 10.7 Å². The third-order valence-electron chi connectivity index (χ3n) is 0.763. The highest BCUT2D eigenvalue weighted by Gasteiger charge is 1.98. The topological polar surface area (TPSA) is 12.9 Å². The second-order valence-corrected chi connectivity index (χ2v) is 2.75. The van der Waals surface area contributed by atoms with Crippen molar-refractivity contribution < 1.29 is 4.39 Å². The average molecular weight is 210 g/mol. The maximum Gasteiger partial charge on any atom is 0.231 e. The summed E-state index contributed by atoms with van der Waals surface area (Å²) >= 11 is 8.43. The van der Waals surface area contributed by atoms with Crippen LogP contribution in [0.2, 0.25) is 5.02 Å². The minimum absolute atomic E-state index is 0.0318. The molecule has 0 N–H and O–H groups in total. The van der Waals surface area contributed by atoms with Gasteiger partial charge < -0.3 is 0 Å². The maximum absolute atomic E-state index is 12.2. The lowest BCUT2D eigenvalue weighted by molar-refractivity contribution is 0.583. The van der Waals surface area contributed by atoms with Crippen molar-refractivity contribution in [3.8, 4) is 0 Å². The second-order valence-electron chi connectivity index (χ2n) is 1.43. The molecule has 1 aromatic rings. The first-order valence-corrected chi connectivity index (χ1v) is 3.34. The lowest BCUT2D eigenvalue weighted by Crippen LogP contribution is -1.81. The Morgan fingerprint density at radius 3 is 2.78 bits per heavy atom. The van der Waals surface area contributed by atoms with E-state index in [1.165, 1.54) is 12.3 Å². The summed E-state index contributed by atoms with van der Waals surface area (Å²) < 4.78 is 12.9. The summed E-state index contributed by atoms with van der Waals surface area (Å²) in [6.45, 7) is 0. The Labute approximate surface area is 65.0 Å². The van der Waals surface area contributed by atoms with E-state index in [4.69, 9.17) is 11.6 Å². The molecule has 4 heteroatoms. The lowest BCUT2D eigenvalue weighted by atomic mass is 10.5. The van der Waals surface area contributed by atoms with Crippen LogP contribution in [0.1, 0.15) is 0 Å². The Hall–Kier alpha value is -0.150. The molecule has 0 unspecified atom stereocenters. The molecule has 0 saturated heterocycles. The third-order valence-corrected chi connectivity index (χ3v) is 1.46. The second kappa shape index (κ2) is 2.62. The predicted octanol–water partition coefficient (Wildman–Crippen LogP) is 2.64. The molecule has 0 aromatic carbocycles. The van der Waals surface area contributed by atoms with Gasteiger partial charge in [0.25, 0.3) is 0 Å². The van der Waals surface area contributed by atoms with Gasteiger partial charge in [0.15, 0.2) is 0 Å². The van der Waals surface area contributed by atoms with Crippen LogP contribution in [-0.2, 0) is 0 Å². The standard InChI is InChI=1S/C5H2BrClFN/c6-3-1-4(7)5(8)9-2-3/h1-2H. The highest BCUT2D eigenvalue weighted by molar-refractivity contribution is 9.10. The van der Waals surface area contributed by atoms with E-state index in [2.05, 4.69) is 20.9 Å². The lowest BCUT2D eigenvalue weighted by Gasteiger charge is -1.90. The van der Waals surface area contributed by atoms with Crippen molar-refractivity contribution in [3.63, 3.8) is 0 Å². The van der Waals surface area contributed by atoms with Gasteiger partial charge in [-0.25, -0.2) is 4.98 Å². The van der Waals surface area contributed by atoms with E-state index >= 15 is 0 Å². The molecule has 9 heavy (non-hydrogen) atoms. The van der Waals surface area contributed by atoms with E-state index in [1.807, 2.05) is 0 Å². The molecule has 1 rings (SSSR count). The van der Waals surface area contributed by atoms with Gasteiger partial charge >= 0.3 is 0 Å². The van der Waals surface area contributed by atoms with Crippen LogP contribution in [0.15, 0.2) is 16.7 Å². The summed E-state index contributed by atoms with van der Waals surface area (Å²) in [6.07, 6.45) is 1.35. The number of halogens is 3. The molecular weight excluding hydrogens is 208 g/mol. The molecule has 1 nitrogen and oxygen atoms in total. The van der Waals surface area contributed by atoms with Crippen LogP contribution < -0.4 is 0 Å². The molecule has 0 bridgehead atoms. The minimum atomic E-state index is -0.639. The molecule has 0 amide bonds. The Kier molecular flexibility index (Phi) is 2.03. The fourth-order valence-corrected chi connectivity index (χ4v) is 1.03. The quantitative estimate of drug-likeness (QED) is 0.600. The van der Waals surface area contributed by atoms with Crippen molar-refractivity contribution in [3.05, 3.63) is 27.7 Å². The van der Waals surface area contributed by atoms with Gasteiger partial charge in [-0.3, -0.25) is 0 Å². The van der Waals surface area contributed by atoms with Crippen LogP contribution in [-0.4, -0.2) is 4.98 Å². The van der Waals surface area contributed by atoms with Crippen LogP contribution >= 0.6 is 27.5 Å². The third kappa shape index (κ3) is 1.63. The van der Waals surface area contributed by atoms with E-state index in [-0.39, 0.29) is 5.02 Å². The van der Waals surface area contributed by atoms with Crippen molar-refractivity contribution in [2.45, 2.75) is 0 Å². The van der Waals surface area contributed by atoms with E-state index in [0.29, 0.717) is 4.47 Å². The van der Waals surface area contributed by atoms with E-state index in [9.17, 15) is 4.39 Å². The predicted molar refractivity (Wildman–Crippen MR) is 36.9 cm³/mol. The SMILES string of the molecule is Fc1ncc(Br)cc1Cl. The van der Waals surface area contributed by atoms with Gasteiger partial charge in [-0.15, -0.1) is 0 Å². The van der Waals surface area contributed by atoms with Crippen molar-refractivity contribution in [2.75, 3.05) is 0 Å². The summed E-state index contributed by atoms with van der Waals surface area (Å²) in [5.41, 5.74) is 0. The summed E-state index contributed by atoms with van der Waals surface area (Å²) in [7, 11) is 0. The number of aromatic nitrogens is 1. The van der Waals surface area contributed by atoms with Crippen molar-refractivity contribution in [2.24, 2.45) is 0 Å². The van der Waals surface area contributed by atoms with Crippen LogP contribution in [0.4, 0.5) is 4.39 Å². The molecule has 0 aliphatic rings. The zero-order valence-corrected chi connectivity index (χ0v) is 6.58. The van der Waals surface area contributed by atoms with Gasteiger partial charge in [0.1, 0.15) is 0 Å². The van der Waals surface area contributed by atoms with Crippen LogP contribution in [0.3, 0.4) is 0 Å². The largest absolute Gasteiger partial charge is 0.231 e. The van der Waals surface area contributed by atoms with Gasteiger partial charge in [-0.05, 0) is 22.0 Å². The molecular formula is C5H2BrClFN. The minimum Gasteiger partial charge on any atom is -0.226 e. The first-order chi connectivity index (χ1) is 4.20. The highest BCUT2D eigenvalue weighted by Crippen LogP contribution is 2.16. The van der Waals surface area contributed by atoms with Gasteiger partial charge in [0.05, 0.1) is 5.02 Å². The average Bonchev–Trinajstić information content (AvgIpc) is 1.80. The maximum atomic E-state index is 12.2. The van der Waals surface area contributed by atoms with E-state index < -0.39 is 5.95 Å². The summed E-state index contributed by atoms with van der Waals surface area (Å²) in [5, 5.41) is 0.0318. The molecule has 0 atom stereocenters. The first-order valence-electron chi connectivity index (χ1n) is 2.16. The Morgan fingerprint density at radius 2 is 2.33 bits per heavy atom. The molecule has 0 saturated carbocycles. The van der Waals surface area contributed by atoms with Crippen molar-refractivity contribution in [1.29, 1.82) is 0 Å². The van der Waals surface area contributed by atoms with Crippen LogP contribution in [0.25, 0.3) is 0 Å². The van der Waals surface area contributed by atoms with E-state index in [0.717, 1.165) is 0 Å². The molecule has 0 fully saturated rings. The zero-order valence-electron chi connectivity index (χ0n) is 4.24. The Morgan fingerprint density at radius 1 is 1.67 bits per heavy atom. The molecule has 0 aliphatic carbocycles. The zero-order chi connectivity index (χ0) is 6.85. The number of pyridine rings is 1.